The average Bonchev–Trinajstić information content (AvgIpc) is 2.87. The van der Waals surface area contributed by atoms with Gasteiger partial charge >= 0.3 is 0 Å². The van der Waals surface area contributed by atoms with Crippen LogP contribution in [0.2, 0.25) is 0 Å². The summed E-state index contributed by atoms with van der Waals surface area (Å²) >= 11 is 0. The molecule has 110 valence electrons. The molecule has 1 amide bonds. The van der Waals surface area contributed by atoms with E-state index < -0.39 is 0 Å². The van der Waals surface area contributed by atoms with Gasteiger partial charge in [0.2, 0.25) is 5.91 Å². The molecule has 0 aromatic carbocycles. The number of likely N-dealkylation sites (tertiary alicyclic amines) is 1. The minimum Gasteiger partial charge on any atom is -0.378 e. The number of hydrogen-bond acceptors (Lipinski definition) is 4. The second-order valence-electron chi connectivity index (χ2n) is 5.46. The predicted molar refractivity (Wildman–Crippen MR) is 78.9 cm³/mol. The third kappa shape index (κ3) is 3.10. The number of methoxy groups -OCH3 is 1. The summed E-state index contributed by atoms with van der Waals surface area (Å²) in [6.45, 7) is 2.93. The van der Waals surface area contributed by atoms with Gasteiger partial charge in [0, 0.05) is 39.1 Å². The van der Waals surface area contributed by atoms with Crippen LogP contribution >= 0.6 is 0 Å². The zero-order valence-electron chi connectivity index (χ0n) is 12.7. The Bertz CT molecular complexity index is 488. The van der Waals surface area contributed by atoms with Crippen molar-refractivity contribution >= 4 is 11.6 Å². The molecule has 1 aromatic rings. The normalized spacial score (nSPS) is 18.4. The molecule has 1 aliphatic rings. The number of aryl methyl sites for hydroxylation is 1. The summed E-state index contributed by atoms with van der Waals surface area (Å²) < 4.78 is 4.97. The Hall–Kier alpha value is -1.62. The van der Waals surface area contributed by atoms with E-state index in [9.17, 15) is 4.79 Å². The van der Waals surface area contributed by atoms with Crippen LogP contribution in [-0.2, 0) is 9.53 Å². The van der Waals surface area contributed by atoms with Gasteiger partial charge in [-0.15, -0.1) is 0 Å². The smallest absolute Gasteiger partial charge is 0.249 e. The van der Waals surface area contributed by atoms with E-state index in [0.717, 1.165) is 36.5 Å². The Morgan fingerprint density at radius 1 is 1.50 bits per heavy atom. The molecule has 1 atom stereocenters. The molecule has 5 heteroatoms. The summed E-state index contributed by atoms with van der Waals surface area (Å²) in [5.74, 6) is 0.0460. The lowest BCUT2D eigenvalue weighted by Gasteiger charge is -2.25. The summed E-state index contributed by atoms with van der Waals surface area (Å²) in [6.07, 6.45) is 1.99. The number of anilines is 1. The van der Waals surface area contributed by atoms with Crippen LogP contribution in [0.25, 0.3) is 0 Å². The average molecular weight is 277 g/mol. The van der Waals surface area contributed by atoms with Crippen molar-refractivity contribution in [2.45, 2.75) is 25.8 Å². The molecule has 2 heterocycles. The lowest BCUT2D eigenvalue weighted by Crippen LogP contribution is -2.33. The minimum atomic E-state index is 0.0460. The van der Waals surface area contributed by atoms with Crippen molar-refractivity contribution in [3.8, 4) is 0 Å². The van der Waals surface area contributed by atoms with Gasteiger partial charge in [0.05, 0.1) is 11.7 Å². The predicted octanol–water partition coefficient (Wildman–Crippen LogP) is 1.77. The molecule has 5 nitrogen and oxygen atoms in total. The maximum absolute atomic E-state index is 12.1. The second-order valence-corrected chi connectivity index (χ2v) is 5.46. The summed E-state index contributed by atoms with van der Waals surface area (Å²) in [5.41, 5.74) is 3.09. The first-order valence-corrected chi connectivity index (χ1v) is 6.97. The number of pyridine rings is 1. The van der Waals surface area contributed by atoms with E-state index in [1.54, 1.807) is 7.11 Å². The van der Waals surface area contributed by atoms with Gasteiger partial charge in [0.1, 0.15) is 6.61 Å². The summed E-state index contributed by atoms with van der Waals surface area (Å²) in [5, 5.41) is 0. The topological polar surface area (TPSA) is 45.7 Å². The van der Waals surface area contributed by atoms with Crippen LogP contribution in [0.15, 0.2) is 12.1 Å². The minimum absolute atomic E-state index is 0.0460. The molecule has 0 saturated carbocycles. The SMILES string of the molecule is COCC(=O)N1CCC[C@H]1c1cc(N(C)C)cc(C)n1. The van der Waals surface area contributed by atoms with Crippen molar-refractivity contribution in [2.75, 3.05) is 39.3 Å². The van der Waals surface area contributed by atoms with Gasteiger partial charge in [0.15, 0.2) is 0 Å². The number of amides is 1. The number of aromatic nitrogens is 1. The Labute approximate surface area is 120 Å². The fourth-order valence-electron chi connectivity index (χ4n) is 2.68. The molecule has 1 aliphatic heterocycles. The molecule has 0 bridgehead atoms. The van der Waals surface area contributed by atoms with E-state index in [1.165, 1.54) is 0 Å². The molecular weight excluding hydrogens is 254 g/mol. The quantitative estimate of drug-likeness (QED) is 0.841. The molecule has 0 unspecified atom stereocenters. The van der Waals surface area contributed by atoms with Gasteiger partial charge in [-0.05, 0) is 31.9 Å². The van der Waals surface area contributed by atoms with Gasteiger partial charge in [0.25, 0.3) is 0 Å². The van der Waals surface area contributed by atoms with Gasteiger partial charge in [-0.1, -0.05) is 0 Å². The lowest BCUT2D eigenvalue weighted by molar-refractivity contribution is -0.136. The molecule has 1 aromatic heterocycles. The third-order valence-corrected chi connectivity index (χ3v) is 3.66. The zero-order valence-corrected chi connectivity index (χ0v) is 12.7. The number of hydrogen-bond donors (Lipinski definition) is 0. The maximum atomic E-state index is 12.1. The zero-order chi connectivity index (χ0) is 14.7. The molecule has 0 N–H and O–H groups in total. The fourth-order valence-corrected chi connectivity index (χ4v) is 2.68. The lowest BCUT2D eigenvalue weighted by atomic mass is 10.1. The van der Waals surface area contributed by atoms with E-state index in [4.69, 9.17) is 4.74 Å². The van der Waals surface area contributed by atoms with E-state index >= 15 is 0 Å². The van der Waals surface area contributed by atoms with Crippen LogP contribution in [0.5, 0.6) is 0 Å². The summed E-state index contributed by atoms with van der Waals surface area (Å²) in [7, 11) is 5.58. The second kappa shape index (κ2) is 6.22. The van der Waals surface area contributed by atoms with Gasteiger partial charge in [-0.3, -0.25) is 9.78 Å². The van der Waals surface area contributed by atoms with E-state index in [1.807, 2.05) is 25.9 Å². The summed E-state index contributed by atoms with van der Waals surface area (Å²) in [6, 6.07) is 4.21. The van der Waals surface area contributed by atoms with Crippen molar-refractivity contribution in [3.05, 3.63) is 23.5 Å². The Morgan fingerprint density at radius 3 is 2.90 bits per heavy atom. The van der Waals surface area contributed by atoms with Crippen molar-refractivity contribution in [1.82, 2.24) is 9.88 Å². The Morgan fingerprint density at radius 2 is 2.25 bits per heavy atom. The fraction of sp³-hybridized carbons (Fsp3) is 0.600. The largest absolute Gasteiger partial charge is 0.378 e. The van der Waals surface area contributed by atoms with Crippen LogP contribution in [0.1, 0.15) is 30.3 Å². The van der Waals surface area contributed by atoms with E-state index in [2.05, 4.69) is 22.0 Å². The summed E-state index contributed by atoms with van der Waals surface area (Å²) in [4.78, 5) is 20.7. The number of ether oxygens (including phenoxy) is 1. The van der Waals surface area contributed by atoms with Crippen LogP contribution in [0.4, 0.5) is 5.69 Å². The van der Waals surface area contributed by atoms with E-state index in [0.29, 0.717) is 0 Å². The van der Waals surface area contributed by atoms with Crippen molar-refractivity contribution < 1.29 is 9.53 Å². The van der Waals surface area contributed by atoms with E-state index in [-0.39, 0.29) is 18.6 Å². The van der Waals surface area contributed by atoms with Crippen LogP contribution in [0, 0.1) is 6.92 Å². The molecule has 0 radical (unpaired) electrons. The number of nitrogens with zero attached hydrogens (tertiary/aromatic N) is 3. The van der Waals surface area contributed by atoms with Gasteiger partial charge < -0.3 is 14.5 Å². The van der Waals surface area contributed by atoms with Crippen LogP contribution in [0.3, 0.4) is 0 Å². The van der Waals surface area contributed by atoms with Gasteiger partial charge in [-0.2, -0.15) is 0 Å². The number of carbonyl (C=O) groups excluding carboxylic acids is 1. The monoisotopic (exact) mass is 277 g/mol. The van der Waals surface area contributed by atoms with Crippen molar-refractivity contribution in [1.29, 1.82) is 0 Å². The molecule has 0 aliphatic carbocycles. The first-order chi connectivity index (χ1) is 9.52. The Balaban J connectivity index is 2.27. The number of rotatable bonds is 4. The van der Waals surface area contributed by atoms with Crippen LogP contribution in [-0.4, -0.2) is 50.1 Å². The first-order valence-electron chi connectivity index (χ1n) is 6.97. The highest BCUT2D eigenvalue weighted by Crippen LogP contribution is 2.32. The highest BCUT2D eigenvalue weighted by Gasteiger charge is 2.31. The molecule has 20 heavy (non-hydrogen) atoms. The standard InChI is InChI=1S/C15H23N3O2/c1-11-8-12(17(2)3)9-13(16-11)14-6-5-7-18(14)15(19)10-20-4/h8-9,14H,5-7,10H2,1-4H3/t14-/m0/s1. The molecular formula is C15H23N3O2. The highest BCUT2D eigenvalue weighted by molar-refractivity contribution is 5.78. The van der Waals surface area contributed by atoms with Crippen molar-refractivity contribution in [3.63, 3.8) is 0 Å². The number of carbonyl (C=O) groups is 1. The molecule has 2 rings (SSSR count). The van der Waals surface area contributed by atoms with Crippen molar-refractivity contribution in [2.24, 2.45) is 0 Å². The molecule has 1 saturated heterocycles. The highest BCUT2D eigenvalue weighted by atomic mass is 16.5. The maximum Gasteiger partial charge on any atom is 0.249 e. The molecule has 1 fully saturated rings. The first kappa shape index (κ1) is 14.8. The van der Waals surface area contributed by atoms with Crippen LogP contribution < -0.4 is 4.90 Å². The molecule has 0 spiro atoms. The van der Waals surface area contributed by atoms with Gasteiger partial charge in [-0.25, -0.2) is 0 Å². The Kier molecular flexibility index (Phi) is 4.60. The third-order valence-electron chi connectivity index (χ3n) is 3.66.